The number of piperidine rings is 1. The third kappa shape index (κ3) is 5.82. The number of ether oxygens (including phenoxy) is 3. The fourth-order valence-electron chi connectivity index (χ4n) is 4.74. The van der Waals surface area contributed by atoms with Crippen molar-refractivity contribution >= 4 is 34.1 Å². The van der Waals surface area contributed by atoms with Crippen molar-refractivity contribution in [2.45, 2.75) is 32.8 Å². The van der Waals surface area contributed by atoms with E-state index in [1.54, 1.807) is 14.2 Å². The molecule has 1 aromatic heterocycles. The number of carbonyl (C=O) groups is 1. The summed E-state index contributed by atoms with van der Waals surface area (Å²) in [4.78, 5) is 23.4. The maximum Gasteiger partial charge on any atom is 0.321 e. The molecule has 2 amide bonds. The lowest BCUT2D eigenvalue weighted by atomic mass is 10.1. The highest BCUT2D eigenvalue weighted by molar-refractivity contribution is 5.93. The van der Waals surface area contributed by atoms with Gasteiger partial charge in [-0.25, -0.2) is 14.8 Å². The van der Waals surface area contributed by atoms with Gasteiger partial charge in [0.2, 0.25) is 0 Å². The first-order valence-electron chi connectivity index (χ1n) is 13.0. The minimum absolute atomic E-state index is 0.0540. The molecule has 0 unspecified atom stereocenters. The maximum atomic E-state index is 12.7. The van der Waals surface area contributed by atoms with Gasteiger partial charge in [0, 0.05) is 48.8 Å². The summed E-state index contributed by atoms with van der Waals surface area (Å²) in [7, 11) is 3.20. The van der Waals surface area contributed by atoms with Crippen LogP contribution in [0.3, 0.4) is 0 Å². The molecule has 202 valence electrons. The van der Waals surface area contributed by atoms with Crippen LogP contribution in [0.4, 0.5) is 22.0 Å². The maximum absolute atomic E-state index is 12.7. The average Bonchev–Trinajstić information content (AvgIpc) is 2.95. The molecule has 3 aromatic carbocycles. The minimum atomic E-state index is -0.0670. The van der Waals surface area contributed by atoms with Gasteiger partial charge in [0.1, 0.15) is 24.0 Å². The normalized spacial score (nSPS) is 13.7. The summed E-state index contributed by atoms with van der Waals surface area (Å²) in [5.41, 5.74) is 4.54. The first kappa shape index (κ1) is 26.1. The second-order valence-electron chi connectivity index (χ2n) is 9.60. The zero-order chi connectivity index (χ0) is 27.4. The summed E-state index contributed by atoms with van der Waals surface area (Å²) < 4.78 is 17.2. The van der Waals surface area contributed by atoms with Gasteiger partial charge >= 0.3 is 6.03 Å². The van der Waals surface area contributed by atoms with E-state index in [9.17, 15) is 4.79 Å². The Bertz CT molecular complexity index is 1480. The molecule has 5 rings (SSSR count). The molecule has 0 atom stereocenters. The zero-order valence-electron chi connectivity index (χ0n) is 22.7. The number of nitrogens with one attached hydrogen (secondary N) is 2. The van der Waals surface area contributed by atoms with Crippen LogP contribution in [0.2, 0.25) is 0 Å². The van der Waals surface area contributed by atoms with E-state index in [1.807, 2.05) is 73.3 Å². The van der Waals surface area contributed by atoms with Crippen LogP contribution in [0.25, 0.3) is 10.9 Å². The molecule has 0 saturated carbocycles. The number of nitrogens with zero attached hydrogens (tertiary/aromatic N) is 3. The zero-order valence-corrected chi connectivity index (χ0v) is 22.7. The average molecular weight is 528 g/mol. The van der Waals surface area contributed by atoms with E-state index in [0.29, 0.717) is 30.4 Å². The quantitative estimate of drug-likeness (QED) is 0.300. The third-order valence-corrected chi connectivity index (χ3v) is 6.99. The predicted molar refractivity (Wildman–Crippen MR) is 153 cm³/mol. The molecular weight excluding hydrogens is 494 g/mol. The highest BCUT2D eigenvalue weighted by atomic mass is 16.5. The number of fused-ring (bicyclic) bond motifs is 1. The monoisotopic (exact) mass is 527 g/mol. The van der Waals surface area contributed by atoms with Crippen LogP contribution in [0.1, 0.15) is 24.0 Å². The number of hydrogen-bond donors (Lipinski definition) is 2. The number of benzene rings is 3. The summed E-state index contributed by atoms with van der Waals surface area (Å²) >= 11 is 0. The fraction of sp³-hybridized carbons (Fsp3) is 0.300. The van der Waals surface area contributed by atoms with Crippen LogP contribution in [-0.2, 0) is 0 Å². The number of anilines is 3. The number of carbonyl (C=O) groups excluding carboxylic acids is 1. The molecule has 0 radical (unpaired) electrons. The number of aromatic nitrogens is 2. The summed E-state index contributed by atoms with van der Waals surface area (Å²) in [6, 6.07) is 17.4. The number of hydrogen-bond acceptors (Lipinski definition) is 7. The van der Waals surface area contributed by atoms with Gasteiger partial charge < -0.3 is 29.7 Å². The van der Waals surface area contributed by atoms with Crippen molar-refractivity contribution in [1.29, 1.82) is 0 Å². The molecule has 0 spiro atoms. The van der Waals surface area contributed by atoms with Gasteiger partial charge in [-0.3, -0.25) is 0 Å². The van der Waals surface area contributed by atoms with Gasteiger partial charge in [0.25, 0.3) is 0 Å². The smallest absolute Gasteiger partial charge is 0.321 e. The van der Waals surface area contributed by atoms with E-state index >= 15 is 0 Å². The van der Waals surface area contributed by atoms with Crippen LogP contribution >= 0.6 is 0 Å². The Kier molecular flexibility index (Phi) is 7.67. The molecule has 9 heteroatoms. The summed E-state index contributed by atoms with van der Waals surface area (Å²) in [6.45, 7) is 5.31. The number of urea groups is 1. The Balaban J connectivity index is 1.21. The fourth-order valence-corrected chi connectivity index (χ4v) is 4.74. The van der Waals surface area contributed by atoms with Crippen molar-refractivity contribution in [3.8, 4) is 17.2 Å². The summed E-state index contributed by atoms with van der Waals surface area (Å²) in [5.74, 6) is 2.74. The van der Waals surface area contributed by atoms with Crippen LogP contribution in [0.5, 0.6) is 17.2 Å². The molecule has 2 heterocycles. The van der Waals surface area contributed by atoms with Crippen molar-refractivity contribution in [2.75, 3.05) is 37.9 Å². The summed E-state index contributed by atoms with van der Waals surface area (Å²) in [5, 5.41) is 7.24. The molecule has 0 aliphatic carbocycles. The highest BCUT2D eigenvalue weighted by Crippen LogP contribution is 2.35. The summed E-state index contributed by atoms with van der Waals surface area (Å²) in [6.07, 6.45) is 3.13. The van der Waals surface area contributed by atoms with E-state index in [-0.39, 0.29) is 12.1 Å². The minimum Gasteiger partial charge on any atom is -0.493 e. The predicted octanol–water partition coefficient (Wildman–Crippen LogP) is 6.08. The molecule has 9 nitrogen and oxygen atoms in total. The molecule has 2 N–H and O–H groups in total. The van der Waals surface area contributed by atoms with E-state index in [4.69, 9.17) is 14.2 Å². The molecule has 1 aliphatic heterocycles. The number of methoxy groups -OCH3 is 2. The second kappa shape index (κ2) is 11.5. The van der Waals surface area contributed by atoms with Gasteiger partial charge in [-0.15, -0.1) is 0 Å². The van der Waals surface area contributed by atoms with Gasteiger partial charge in [0.15, 0.2) is 11.5 Å². The number of aryl methyl sites for hydroxylation is 2. The van der Waals surface area contributed by atoms with E-state index in [1.165, 1.54) is 6.33 Å². The topological polar surface area (TPSA) is 97.8 Å². The molecule has 4 aromatic rings. The van der Waals surface area contributed by atoms with E-state index in [2.05, 4.69) is 20.6 Å². The van der Waals surface area contributed by atoms with Gasteiger partial charge in [-0.2, -0.15) is 0 Å². The Labute approximate surface area is 228 Å². The van der Waals surface area contributed by atoms with Gasteiger partial charge in [-0.1, -0.05) is 18.2 Å². The Morgan fingerprint density at radius 2 is 1.64 bits per heavy atom. The number of para-hydroxylation sites is 1. The number of rotatable bonds is 7. The van der Waals surface area contributed by atoms with Crippen molar-refractivity contribution in [3.05, 3.63) is 72.1 Å². The number of likely N-dealkylation sites (tertiary alicyclic amines) is 1. The van der Waals surface area contributed by atoms with Crippen LogP contribution in [-0.4, -0.2) is 54.3 Å². The lowest BCUT2D eigenvalue weighted by molar-refractivity contribution is 0.115. The first-order chi connectivity index (χ1) is 18.9. The standard InChI is InChI=1S/C30H33N5O4/c1-19-7-5-6-8-24(19)34-30(36)35-13-11-22(12-14-35)39-26-10-9-21(15-20(26)2)33-29-23-16-27(37-3)28(38-4)17-25(23)31-18-32-29/h5-10,15-18,22H,11-14H2,1-4H3,(H,34,36)(H,31,32,33). The molecule has 1 aliphatic rings. The van der Waals surface area contributed by atoms with E-state index in [0.717, 1.165) is 52.0 Å². The molecular formula is C30H33N5O4. The van der Waals surface area contributed by atoms with Crippen LogP contribution in [0, 0.1) is 13.8 Å². The molecule has 1 fully saturated rings. The van der Waals surface area contributed by atoms with Gasteiger partial charge in [-0.05, 0) is 55.3 Å². The Morgan fingerprint density at radius 1 is 0.897 bits per heavy atom. The lowest BCUT2D eigenvalue weighted by Gasteiger charge is -2.32. The molecule has 1 saturated heterocycles. The van der Waals surface area contributed by atoms with Gasteiger partial charge in [0.05, 0.1) is 19.7 Å². The van der Waals surface area contributed by atoms with Crippen molar-refractivity contribution in [1.82, 2.24) is 14.9 Å². The van der Waals surface area contributed by atoms with Crippen molar-refractivity contribution < 1.29 is 19.0 Å². The van der Waals surface area contributed by atoms with Crippen molar-refractivity contribution in [3.63, 3.8) is 0 Å². The highest BCUT2D eigenvalue weighted by Gasteiger charge is 2.24. The van der Waals surface area contributed by atoms with Crippen LogP contribution < -0.4 is 24.8 Å². The number of amides is 2. The van der Waals surface area contributed by atoms with E-state index < -0.39 is 0 Å². The lowest BCUT2D eigenvalue weighted by Crippen LogP contribution is -2.43. The van der Waals surface area contributed by atoms with Crippen LogP contribution in [0.15, 0.2) is 60.9 Å². The SMILES string of the molecule is COc1cc2ncnc(Nc3ccc(OC4CCN(C(=O)Nc5ccccc5C)CC4)c(C)c3)c2cc1OC. The van der Waals surface area contributed by atoms with Crippen molar-refractivity contribution in [2.24, 2.45) is 0 Å². The first-order valence-corrected chi connectivity index (χ1v) is 13.0. The largest absolute Gasteiger partial charge is 0.493 e. The third-order valence-electron chi connectivity index (χ3n) is 6.99. The Hall–Kier alpha value is -4.53. The molecule has 39 heavy (non-hydrogen) atoms. The second-order valence-corrected chi connectivity index (χ2v) is 9.60. The Morgan fingerprint density at radius 3 is 2.36 bits per heavy atom. The molecule has 0 bridgehead atoms.